The topological polar surface area (TPSA) is 82.2 Å². The number of carbonyl (C=O) groups excluding carboxylic acids is 1. The van der Waals surface area contributed by atoms with Gasteiger partial charge in [-0.1, -0.05) is 18.2 Å². The van der Waals surface area contributed by atoms with Gasteiger partial charge < -0.3 is 9.47 Å². The zero-order chi connectivity index (χ0) is 18.8. The molecular weight excluding hydrogens is 342 g/mol. The van der Waals surface area contributed by atoms with Crippen LogP contribution in [0.2, 0.25) is 0 Å². The summed E-state index contributed by atoms with van der Waals surface area (Å²) in [6.07, 6.45) is 4.91. The van der Waals surface area contributed by atoms with Crippen LogP contribution in [0.5, 0.6) is 0 Å². The van der Waals surface area contributed by atoms with Crippen molar-refractivity contribution < 1.29 is 4.79 Å². The third kappa shape index (κ3) is 3.04. The first-order valence-electron chi connectivity index (χ1n) is 8.35. The van der Waals surface area contributed by atoms with Gasteiger partial charge in [0.2, 0.25) is 0 Å². The van der Waals surface area contributed by atoms with Crippen LogP contribution in [0.15, 0.2) is 71.9 Å². The molecule has 0 aliphatic carbocycles. The summed E-state index contributed by atoms with van der Waals surface area (Å²) in [4.78, 5) is 32.1. The molecule has 0 atom stereocenters. The first kappa shape index (κ1) is 16.5. The lowest BCUT2D eigenvalue weighted by Crippen LogP contribution is -2.46. The lowest BCUT2D eigenvalue weighted by atomic mass is 10.1. The minimum absolute atomic E-state index is 0.0876. The second kappa shape index (κ2) is 6.77. The number of nitriles is 1. The summed E-state index contributed by atoms with van der Waals surface area (Å²) >= 11 is 0. The van der Waals surface area contributed by atoms with Crippen LogP contribution in [0.1, 0.15) is 11.1 Å². The molecule has 0 radical (unpaired) electrons. The van der Waals surface area contributed by atoms with Crippen molar-refractivity contribution in [2.75, 3.05) is 4.90 Å². The highest BCUT2D eigenvalue weighted by Gasteiger charge is 2.33. The van der Waals surface area contributed by atoms with Crippen molar-refractivity contribution in [1.82, 2.24) is 14.5 Å². The fourth-order valence-electron chi connectivity index (χ4n) is 3.09. The van der Waals surface area contributed by atoms with Gasteiger partial charge in [-0.25, -0.2) is 14.7 Å². The van der Waals surface area contributed by atoms with Gasteiger partial charge in [0.25, 0.3) is 0 Å². The maximum absolute atomic E-state index is 13.3. The van der Waals surface area contributed by atoms with E-state index < -0.39 is 0 Å². The summed E-state index contributed by atoms with van der Waals surface area (Å²) in [6.45, 7) is 0.665. The van der Waals surface area contributed by atoms with Crippen LogP contribution in [0.3, 0.4) is 0 Å². The predicted molar refractivity (Wildman–Crippen MR) is 99.2 cm³/mol. The monoisotopic (exact) mass is 357 g/mol. The molecule has 1 aliphatic rings. The molecule has 0 fully saturated rings. The molecule has 0 saturated heterocycles. The number of carbonyl (C=O) groups is 1. The lowest BCUT2D eigenvalue weighted by Gasteiger charge is -2.36. The minimum atomic E-state index is -0.275. The zero-order valence-electron chi connectivity index (χ0n) is 14.3. The Morgan fingerprint density at radius 1 is 1.04 bits per heavy atom. The SMILES string of the molecule is N#Cc1ccccc1N1C(=O)N(Cn2ccc(=O)cc2)Cc2cccnc21. The molecule has 3 heterocycles. The average Bonchev–Trinajstić information content (AvgIpc) is 2.70. The van der Waals surface area contributed by atoms with Gasteiger partial charge in [0, 0.05) is 36.3 Å². The van der Waals surface area contributed by atoms with E-state index in [1.165, 1.54) is 17.0 Å². The van der Waals surface area contributed by atoms with Crippen molar-refractivity contribution >= 4 is 17.5 Å². The molecule has 2 amide bonds. The number of fused-ring (bicyclic) bond motifs is 1. The summed E-state index contributed by atoms with van der Waals surface area (Å²) in [5.74, 6) is 0.529. The normalized spacial score (nSPS) is 13.2. The number of anilines is 2. The molecule has 1 aliphatic heterocycles. The zero-order valence-corrected chi connectivity index (χ0v) is 14.3. The number of pyridine rings is 2. The smallest absolute Gasteiger partial charge is 0.332 e. The molecule has 0 saturated carbocycles. The lowest BCUT2D eigenvalue weighted by molar-refractivity contribution is 0.183. The van der Waals surface area contributed by atoms with Crippen LogP contribution in [-0.2, 0) is 13.2 Å². The number of aromatic nitrogens is 2. The van der Waals surface area contributed by atoms with E-state index in [-0.39, 0.29) is 18.1 Å². The predicted octanol–water partition coefficient (Wildman–Crippen LogP) is 2.85. The number of hydrogen-bond donors (Lipinski definition) is 0. The molecule has 0 bridgehead atoms. The molecule has 2 aromatic heterocycles. The summed E-state index contributed by atoms with van der Waals surface area (Å²) in [5, 5.41) is 9.45. The molecule has 1 aromatic carbocycles. The Morgan fingerprint density at radius 2 is 1.81 bits per heavy atom. The highest BCUT2D eigenvalue weighted by molar-refractivity contribution is 6.01. The van der Waals surface area contributed by atoms with E-state index in [1.54, 1.807) is 52.3 Å². The van der Waals surface area contributed by atoms with E-state index in [0.717, 1.165) is 5.56 Å². The summed E-state index contributed by atoms with van der Waals surface area (Å²) in [5.41, 5.74) is 1.68. The highest BCUT2D eigenvalue weighted by Crippen LogP contribution is 2.34. The minimum Gasteiger partial charge on any atom is -0.336 e. The fraction of sp³-hybridized carbons (Fsp3) is 0.100. The van der Waals surface area contributed by atoms with Crippen LogP contribution >= 0.6 is 0 Å². The number of benzene rings is 1. The Hall–Kier alpha value is -3.92. The third-order valence-electron chi connectivity index (χ3n) is 4.36. The van der Waals surface area contributed by atoms with Crippen molar-refractivity contribution in [2.45, 2.75) is 13.2 Å². The molecule has 132 valence electrons. The van der Waals surface area contributed by atoms with Crippen molar-refractivity contribution in [3.63, 3.8) is 0 Å². The highest BCUT2D eigenvalue weighted by atomic mass is 16.2. The van der Waals surface area contributed by atoms with Gasteiger partial charge in [0.1, 0.15) is 11.9 Å². The van der Waals surface area contributed by atoms with E-state index in [9.17, 15) is 14.9 Å². The van der Waals surface area contributed by atoms with E-state index in [1.807, 2.05) is 12.1 Å². The van der Waals surface area contributed by atoms with Crippen LogP contribution in [0.4, 0.5) is 16.3 Å². The maximum atomic E-state index is 13.3. The Labute approximate surface area is 155 Å². The van der Waals surface area contributed by atoms with Crippen molar-refractivity contribution in [2.24, 2.45) is 0 Å². The van der Waals surface area contributed by atoms with Gasteiger partial charge in [0.15, 0.2) is 5.43 Å². The second-order valence-electron chi connectivity index (χ2n) is 6.12. The number of nitrogens with zero attached hydrogens (tertiary/aromatic N) is 5. The van der Waals surface area contributed by atoms with E-state index in [0.29, 0.717) is 23.6 Å². The first-order chi connectivity index (χ1) is 13.2. The molecule has 27 heavy (non-hydrogen) atoms. The number of amides is 2. The third-order valence-corrected chi connectivity index (χ3v) is 4.36. The Morgan fingerprint density at radius 3 is 2.59 bits per heavy atom. The molecular formula is C20H15N5O2. The molecule has 0 N–H and O–H groups in total. The fourth-order valence-corrected chi connectivity index (χ4v) is 3.09. The number of hydrogen-bond acceptors (Lipinski definition) is 4. The molecule has 4 rings (SSSR count). The maximum Gasteiger partial charge on any atom is 0.332 e. The summed E-state index contributed by atoms with van der Waals surface area (Å²) in [7, 11) is 0. The molecule has 0 spiro atoms. The van der Waals surface area contributed by atoms with Gasteiger partial charge in [-0.3, -0.25) is 4.79 Å². The second-order valence-corrected chi connectivity index (χ2v) is 6.12. The number of rotatable bonds is 3. The van der Waals surface area contributed by atoms with Crippen molar-refractivity contribution in [3.8, 4) is 6.07 Å². The Balaban J connectivity index is 1.78. The van der Waals surface area contributed by atoms with Crippen LogP contribution < -0.4 is 10.3 Å². The van der Waals surface area contributed by atoms with Crippen molar-refractivity contribution in [3.05, 3.63) is 88.5 Å². The van der Waals surface area contributed by atoms with Crippen LogP contribution in [0, 0.1) is 11.3 Å². The van der Waals surface area contributed by atoms with Crippen molar-refractivity contribution in [1.29, 1.82) is 5.26 Å². The van der Waals surface area contributed by atoms with Gasteiger partial charge in [0.05, 0.1) is 24.5 Å². The van der Waals surface area contributed by atoms with Gasteiger partial charge >= 0.3 is 6.03 Å². The van der Waals surface area contributed by atoms with Gasteiger partial charge in [-0.15, -0.1) is 0 Å². The van der Waals surface area contributed by atoms with Crippen LogP contribution in [0.25, 0.3) is 0 Å². The Bertz CT molecular complexity index is 1100. The number of para-hydroxylation sites is 1. The standard InChI is InChI=1S/C20H15N5O2/c21-12-15-4-1-2-6-18(15)25-19-16(5-3-9-22-19)13-24(20(25)27)14-23-10-7-17(26)8-11-23/h1-11H,13-14H2. The average molecular weight is 357 g/mol. The molecule has 7 nitrogen and oxygen atoms in total. The Kier molecular flexibility index (Phi) is 4.15. The molecule has 3 aromatic rings. The largest absolute Gasteiger partial charge is 0.336 e. The molecule has 7 heteroatoms. The summed E-state index contributed by atoms with van der Waals surface area (Å²) < 4.78 is 1.76. The quantitative estimate of drug-likeness (QED) is 0.722. The van der Waals surface area contributed by atoms with Crippen LogP contribution in [-0.4, -0.2) is 20.5 Å². The summed E-state index contributed by atoms with van der Waals surface area (Å²) in [6, 6.07) is 15.4. The molecule has 0 unspecified atom stereocenters. The van der Waals surface area contributed by atoms with Gasteiger partial charge in [-0.05, 0) is 18.2 Å². The first-order valence-corrected chi connectivity index (χ1v) is 8.35. The number of urea groups is 1. The van der Waals surface area contributed by atoms with E-state index >= 15 is 0 Å². The van der Waals surface area contributed by atoms with Gasteiger partial charge in [-0.2, -0.15) is 5.26 Å². The van der Waals surface area contributed by atoms with E-state index in [2.05, 4.69) is 11.1 Å². The van der Waals surface area contributed by atoms with E-state index in [4.69, 9.17) is 0 Å².